The summed E-state index contributed by atoms with van der Waals surface area (Å²) in [6.45, 7) is 0.559. The molecule has 0 spiro atoms. The molecule has 3 aromatic carbocycles. The average Bonchev–Trinajstić information content (AvgIpc) is 2.82. The van der Waals surface area contributed by atoms with E-state index in [1.807, 2.05) is 48.5 Å². The van der Waals surface area contributed by atoms with E-state index < -0.39 is 5.63 Å². The van der Waals surface area contributed by atoms with Gasteiger partial charge >= 0.3 is 5.63 Å². The van der Waals surface area contributed by atoms with Gasteiger partial charge in [0.25, 0.3) is 0 Å². The fraction of sp³-hybridized carbons (Fsp3) is 0.185. The molecule has 0 atom stereocenters. The summed E-state index contributed by atoms with van der Waals surface area (Å²) in [4.78, 5) is 24.5. The highest BCUT2D eigenvalue weighted by Gasteiger charge is 2.13. The molecule has 5 nitrogen and oxygen atoms in total. The number of carbonyl (C=O) groups excluding carboxylic acids is 1. The number of carbonyl (C=O) groups is 1. The van der Waals surface area contributed by atoms with Crippen LogP contribution in [0.2, 0.25) is 0 Å². The van der Waals surface area contributed by atoms with Gasteiger partial charge in [0.1, 0.15) is 11.3 Å². The van der Waals surface area contributed by atoms with Gasteiger partial charge in [0.15, 0.2) is 5.78 Å². The average molecular weight is 428 g/mol. The number of para-hydroxylation sites is 1. The van der Waals surface area contributed by atoms with E-state index in [1.165, 1.54) is 0 Å². The third-order valence-corrected chi connectivity index (χ3v) is 5.47. The minimum absolute atomic E-state index is 0.00958. The number of ketones is 1. The van der Waals surface area contributed by atoms with E-state index in [1.54, 1.807) is 24.3 Å². The normalized spacial score (nSPS) is 10.9. The third-order valence-electron chi connectivity index (χ3n) is 5.47. The van der Waals surface area contributed by atoms with Crippen LogP contribution < -0.4 is 10.9 Å². The number of aromatic hydroxyl groups is 1. The second-order valence-corrected chi connectivity index (χ2v) is 7.73. The van der Waals surface area contributed by atoms with Gasteiger partial charge in [0.2, 0.25) is 0 Å². The minimum atomic E-state index is -0.486. The summed E-state index contributed by atoms with van der Waals surface area (Å²) in [6, 6.07) is 24.3. The molecule has 32 heavy (non-hydrogen) atoms. The number of benzene rings is 3. The lowest BCUT2D eigenvalue weighted by Gasteiger charge is -2.09. The first-order valence-electron chi connectivity index (χ1n) is 10.8. The molecule has 0 amide bonds. The van der Waals surface area contributed by atoms with Gasteiger partial charge in [0.05, 0.1) is 10.9 Å². The quantitative estimate of drug-likeness (QED) is 0.278. The Bertz CT molecular complexity index is 1280. The summed E-state index contributed by atoms with van der Waals surface area (Å²) < 4.78 is 5.34. The Kier molecular flexibility index (Phi) is 6.66. The van der Waals surface area contributed by atoms with Crippen LogP contribution in [0.25, 0.3) is 11.0 Å². The highest BCUT2D eigenvalue weighted by Crippen LogP contribution is 2.27. The minimum Gasteiger partial charge on any atom is -0.507 e. The molecule has 0 radical (unpaired) electrons. The number of anilines is 1. The van der Waals surface area contributed by atoms with E-state index in [0.717, 1.165) is 23.2 Å². The second-order valence-electron chi connectivity index (χ2n) is 7.73. The SMILES string of the molecule is O=C(CCNc1cccc(CCCc2c(O)c3ccccc3oc2=O)c1)c1ccccc1. The summed E-state index contributed by atoms with van der Waals surface area (Å²) in [6.07, 6.45) is 2.31. The van der Waals surface area contributed by atoms with Crippen LogP contribution in [0.4, 0.5) is 5.69 Å². The van der Waals surface area contributed by atoms with Crippen LogP contribution in [0.5, 0.6) is 5.75 Å². The first kappa shape index (κ1) is 21.4. The van der Waals surface area contributed by atoms with Crippen molar-refractivity contribution in [1.82, 2.24) is 0 Å². The number of Topliss-reactive ketones (excluding diaryl/α,β-unsaturated/α-hetero) is 1. The number of hydrogen-bond acceptors (Lipinski definition) is 5. The Morgan fingerprint density at radius 2 is 1.69 bits per heavy atom. The molecular weight excluding hydrogens is 402 g/mol. The molecule has 0 fully saturated rings. The van der Waals surface area contributed by atoms with Crippen molar-refractivity contribution >= 4 is 22.4 Å². The van der Waals surface area contributed by atoms with E-state index in [4.69, 9.17) is 4.42 Å². The van der Waals surface area contributed by atoms with Gasteiger partial charge in [-0.05, 0) is 49.1 Å². The van der Waals surface area contributed by atoms with Crippen LogP contribution in [-0.2, 0) is 12.8 Å². The van der Waals surface area contributed by atoms with E-state index in [-0.39, 0.29) is 11.5 Å². The molecule has 0 bridgehead atoms. The van der Waals surface area contributed by atoms with Crippen molar-refractivity contribution in [2.24, 2.45) is 0 Å². The number of hydrogen-bond donors (Lipinski definition) is 2. The van der Waals surface area contributed by atoms with Gasteiger partial charge in [-0.1, -0.05) is 54.6 Å². The zero-order chi connectivity index (χ0) is 22.3. The van der Waals surface area contributed by atoms with Crippen molar-refractivity contribution in [2.45, 2.75) is 25.7 Å². The number of rotatable bonds is 9. The number of nitrogens with one attached hydrogen (secondary N) is 1. The lowest BCUT2D eigenvalue weighted by atomic mass is 10.0. The van der Waals surface area contributed by atoms with Gasteiger partial charge in [-0.25, -0.2) is 4.79 Å². The molecule has 1 heterocycles. The van der Waals surface area contributed by atoms with Gasteiger partial charge in [0, 0.05) is 24.2 Å². The molecular formula is C27H25NO4. The monoisotopic (exact) mass is 427 g/mol. The summed E-state index contributed by atoms with van der Waals surface area (Å²) in [5.74, 6) is 0.124. The molecule has 1 aromatic heterocycles. The Balaban J connectivity index is 1.32. The molecule has 2 N–H and O–H groups in total. The predicted octanol–water partition coefficient (Wildman–Crippen LogP) is 5.36. The molecule has 5 heteroatoms. The Labute approximate surface area is 186 Å². The maximum Gasteiger partial charge on any atom is 0.343 e. The fourth-order valence-corrected chi connectivity index (χ4v) is 3.79. The summed E-state index contributed by atoms with van der Waals surface area (Å²) in [5, 5.41) is 14.4. The highest BCUT2D eigenvalue weighted by atomic mass is 16.4. The molecule has 0 aliphatic carbocycles. The van der Waals surface area contributed by atoms with Crippen LogP contribution in [0.3, 0.4) is 0 Å². The topological polar surface area (TPSA) is 79.5 Å². The van der Waals surface area contributed by atoms with Crippen molar-refractivity contribution in [1.29, 1.82) is 0 Å². The molecule has 4 rings (SSSR count). The Morgan fingerprint density at radius 1 is 0.906 bits per heavy atom. The third kappa shape index (κ3) is 5.06. The van der Waals surface area contributed by atoms with E-state index in [9.17, 15) is 14.7 Å². The second kappa shape index (κ2) is 9.96. The first-order chi connectivity index (χ1) is 15.6. The molecule has 0 aliphatic rings. The van der Waals surface area contributed by atoms with Crippen LogP contribution in [0.1, 0.15) is 34.3 Å². The van der Waals surface area contributed by atoms with Crippen molar-refractivity contribution in [3.63, 3.8) is 0 Å². The van der Waals surface area contributed by atoms with Crippen LogP contribution in [0.15, 0.2) is 88.1 Å². The van der Waals surface area contributed by atoms with Crippen molar-refractivity contribution in [2.75, 3.05) is 11.9 Å². The maximum absolute atomic E-state index is 12.3. The van der Waals surface area contributed by atoms with Gasteiger partial charge in [-0.2, -0.15) is 0 Å². The van der Waals surface area contributed by atoms with Crippen molar-refractivity contribution < 1.29 is 14.3 Å². The molecule has 0 aliphatic heterocycles. The van der Waals surface area contributed by atoms with Gasteiger partial charge in [-0.15, -0.1) is 0 Å². The number of aryl methyl sites for hydroxylation is 1. The summed E-state index contributed by atoms with van der Waals surface area (Å²) in [5.41, 5.74) is 3.02. The largest absolute Gasteiger partial charge is 0.507 e. The highest BCUT2D eigenvalue weighted by molar-refractivity contribution is 5.96. The van der Waals surface area contributed by atoms with Crippen molar-refractivity contribution in [3.8, 4) is 5.75 Å². The number of fused-ring (bicyclic) bond motifs is 1. The zero-order valence-electron chi connectivity index (χ0n) is 17.7. The maximum atomic E-state index is 12.3. The first-order valence-corrected chi connectivity index (χ1v) is 10.8. The molecule has 0 saturated carbocycles. The molecule has 162 valence electrons. The smallest absolute Gasteiger partial charge is 0.343 e. The Hall–Kier alpha value is -3.86. The van der Waals surface area contributed by atoms with Gasteiger partial charge in [-0.3, -0.25) is 4.79 Å². The molecule has 0 unspecified atom stereocenters. The summed E-state index contributed by atoms with van der Waals surface area (Å²) >= 11 is 0. The summed E-state index contributed by atoms with van der Waals surface area (Å²) in [7, 11) is 0. The van der Waals surface area contributed by atoms with Crippen LogP contribution in [-0.4, -0.2) is 17.4 Å². The van der Waals surface area contributed by atoms with E-state index in [0.29, 0.717) is 42.3 Å². The van der Waals surface area contributed by atoms with Crippen LogP contribution >= 0.6 is 0 Å². The van der Waals surface area contributed by atoms with E-state index in [2.05, 4.69) is 11.4 Å². The molecule has 4 aromatic rings. The lowest BCUT2D eigenvalue weighted by Crippen LogP contribution is -2.09. The lowest BCUT2D eigenvalue weighted by molar-refractivity contribution is 0.0986. The fourth-order valence-electron chi connectivity index (χ4n) is 3.79. The van der Waals surface area contributed by atoms with Gasteiger partial charge < -0.3 is 14.8 Å². The van der Waals surface area contributed by atoms with Crippen LogP contribution in [0, 0.1) is 0 Å². The van der Waals surface area contributed by atoms with E-state index >= 15 is 0 Å². The standard InChI is InChI=1S/C27H25NO4/c29-24(20-10-2-1-3-11-20)16-17-28-21-12-6-8-19(18-21)9-7-14-23-26(30)22-13-4-5-15-25(22)32-27(23)31/h1-6,8,10-13,15,18,28,30H,7,9,14,16-17H2. The van der Waals surface area contributed by atoms with Crippen molar-refractivity contribution in [3.05, 3.63) is 106 Å². The predicted molar refractivity (Wildman–Crippen MR) is 126 cm³/mol. The zero-order valence-corrected chi connectivity index (χ0v) is 17.7. The Morgan fingerprint density at radius 3 is 2.53 bits per heavy atom. The molecule has 0 saturated heterocycles.